The van der Waals surface area contributed by atoms with E-state index in [4.69, 9.17) is 4.99 Å². The molecule has 1 heteroatoms. The molecule has 224 valence electrons. The van der Waals surface area contributed by atoms with Crippen LogP contribution >= 0.6 is 0 Å². The molecule has 0 unspecified atom stereocenters. The topological polar surface area (TPSA) is 12.4 Å². The molecule has 0 aliphatic heterocycles. The van der Waals surface area contributed by atoms with Gasteiger partial charge in [0.2, 0.25) is 0 Å². The van der Waals surface area contributed by atoms with E-state index in [9.17, 15) is 0 Å². The zero-order valence-electron chi connectivity index (χ0n) is 26.7. The standard InChI is InChI=1S/C46H35N/c1-31-20-22-36(23-21-31)43(28-33-12-4-3-5-13-33)47-46-32(2)44(39-26-24-34-14-6-8-16-37(34)29-39)41-18-10-11-19-42(41)45(46)40-27-25-35-15-7-9-17-38(35)30-40/h3-27,29-30H,28H2,1-2H3. The predicted octanol–water partition coefficient (Wildman–Crippen LogP) is 12.5. The molecule has 0 aliphatic carbocycles. The fourth-order valence-electron chi connectivity index (χ4n) is 6.92. The van der Waals surface area contributed by atoms with E-state index < -0.39 is 0 Å². The summed E-state index contributed by atoms with van der Waals surface area (Å²) in [6.07, 6.45) is 0.735. The SMILES string of the molecule is Cc1ccc(C(Cc2ccccc2)=Nc2c(C)c(-c3ccc4ccccc4c3)c3ccccc3c2-c2ccc3ccccc3c2)cc1. The van der Waals surface area contributed by atoms with Crippen LogP contribution in [-0.2, 0) is 6.42 Å². The lowest BCUT2D eigenvalue weighted by Crippen LogP contribution is -2.06. The largest absolute Gasteiger partial charge is 0.252 e. The van der Waals surface area contributed by atoms with Crippen molar-refractivity contribution in [3.8, 4) is 22.3 Å². The highest BCUT2D eigenvalue weighted by molar-refractivity contribution is 6.14. The Morgan fingerprint density at radius 2 is 0.979 bits per heavy atom. The van der Waals surface area contributed by atoms with Gasteiger partial charge in [0.1, 0.15) is 0 Å². The normalized spacial score (nSPS) is 11.8. The molecule has 0 bridgehead atoms. The second kappa shape index (κ2) is 12.2. The van der Waals surface area contributed by atoms with Gasteiger partial charge >= 0.3 is 0 Å². The summed E-state index contributed by atoms with van der Waals surface area (Å²) in [5.74, 6) is 0. The lowest BCUT2D eigenvalue weighted by atomic mass is 9.85. The van der Waals surface area contributed by atoms with E-state index in [-0.39, 0.29) is 0 Å². The number of benzene rings is 8. The molecule has 0 amide bonds. The summed E-state index contributed by atoms with van der Waals surface area (Å²) < 4.78 is 0. The minimum atomic E-state index is 0.735. The Balaban J connectivity index is 1.47. The van der Waals surface area contributed by atoms with E-state index in [0.717, 1.165) is 23.4 Å². The van der Waals surface area contributed by atoms with Crippen LogP contribution < -0.4 is 0 Å². The molecule has 0 radical (unpaired) electrons. The first-order valence-electron chi connectivity index (χ1n) is 16.3. The van der Waals surface area contributed by atoms with Crippen molar-refractivity contribution in [1.29, 1.82) is 0 Å². The van der Waals surface area contributed by atoms with Crippen LogP contribution in [0.15, 0.2) is 169 Å². The zero-order chi connectivity index (χ0) is 31.7. The van der Waals surface area contributed by atoms with Gasteiger partial charge in [-0.05, 0) is 91.7 Å². The van der Waals surface area contributed by atoms with Crippen molar-refractivity contribution >= 4 is 43.7 Å². The van der Waals surface area contributed by atoms with Crippen LogP contribution in [0, 0.1) is 13.8 Å². The first-order chi connectivity index (χ1) is 23.1. The quantitative estimate of drug-likeness (QED) is 0.168. The van der Waals surface area contributed by atoms with E-state index in [1.165, 1.54) is 71.3 Å². The molecule has 0 atom stereocenters. The highest BCUT2D eigenvalue weighted by Crippen LogP contribution is 2.47. The van der Waals surface area contributed by atoms with E-state index in [2.05, 4.69) is 178 Å². The molecule has 0 N–H and O–H groups in total. The van der Waals surface area contributed by atoms with Gasteiger partial charge in [-0.3, -0.25) is 4.99 Å². The van der Waals surface area contributed by atoms with Crippen LogP contribution in [0.1, 0.15) is 22.3 Å². The number of fused-ring (bicyclic) bond motifs is 3. The first kappa shape index (κ1) is 28.7. The number of aryl methyl sites for hydroxylation is 1. The van der Waals surface area contributed by atoms with Gasteiger partial charge in [0, 0.05) is 12.0 Å². The van der Waals surface area contributed by atoms with Gasteiger partial charge < -0.3 is 0 Å². The molecule has 0 aliphatic rings. The van der Waals surface area contributed by atoms with Crippen molar-refractivity contribution in [1.82, 2.24) is 0 Å². The second-order valence-electron chi connectivity index (χ2n) is 12.5. The zero-order valence-corrected chi connectivity index (χ0v) is 26.7. The summed E-state index contributed by atoms with van der Waals surface area (Å²) >= 11 is 0. The van der Waals surface area contributed by atoms with Crippen LogP contribution in [0.2, 0.25) is 0 Å². The smallest absolute Gasteiger partial charge is 0.0753 e. The Hall–Kier alpha value is -5.79. The third-order valence-corrected chi connectivity index (χ3v) is 9.35. The molecule has 8 aromatic rings. The Labute approximate surface area is 276 Å². The third-order valence-electron chi connectivity index (χ3n) is 9.35. The summed E-state index contributed by atoms with van der Waals surface area (Å²) in [5.41, 5.74) is 11.7. The average molecular weight is 602 g/mol. The molecular formula is C46H35N. The molecule has 0 heterocycles. The molecule has 0 saturated heterocycles. The Kier molecular flexibility index (Phi) is 7.44. The van der Waals surface area contributed by atoms with Gasteiger partial charge in [-0.1, -0.05) is 157 Å². The number of nitrogens with zero attached hydrogens (tertiary/aromatic N) is 1. The van der Waals surface area contributed by atoms with Crippen molar-refractivity contribution in [3.05, 3.63) is 186 Å². The average Bonchev–Trinajstić information content (AvgIpc) is 3.12. The fraction of sp³-hybridized carbons (Fsp3) is 0.0652. The maximum atomic E-state index is 5.73. The van der Waals surface area contributed by atoms with Gasteiger partial charge in [0.15, 0.2) is 0 Å². The summed E-state index contributed by atoms with van der Waals surface area (Å²) in [6.45, 7) is 4.40. The molecule has 0 fully saturated rings. The van der Waals surface area contributed by atoms with Crippen LogP contribution in [0.25, 0.3) is 54.6 Å². The lowest BCUT2D eigenvalue weighted by molar-refractivity contribution is 1.29. The minimum absolute atomic E-state index is 0.735. The van der Waals surface area contributed by atoms with Crippen molar-refractivity contribution in [2.45, 2.75) is 20.3 Å². The molecule has 0 aromatic heterocycles. The summed E-state index contributed by atoms with van der Waals surface area (Å²) in [7, 11) is 0. The Morgan fingerprint density at radius 3 is 1.60 bits per heavy atom. The predicted molar refractivity (Wildman–Crippen MR) is 202 cm³/mol. The van der Waals surface area contributed by atoms with E-state index >= 15 is 0 Å². The van der Waals surface area contributed by atoms with Crippen molar-refractivity contribution < 1.29 is 0 Å². The fourth-order valence-corrected chi connectivity index (χ4v) is 6.92. The monoisotopic (exact) mass is 601 g/mol. The summed E-state index contributed by atoms with van der Waals surface area (Å²) in [6, 6.07) is 59.2. The molecule has 0 saturated carbocycles. The molecule has 8 aromatic carbocycles. The highest BCUT2D eigenvalue weighted by Gasteiger charge is 2.21. The Morgan fingerprint density at radius 1 is 0.468 bits per heavy atom. The van der Waals surface area contributed by atoms with Crippen molar-refractivity contribution in [3.63, 3.8) is 0 Å². The van der Waals surface area contributed by atoms with Gasteiger partial charge in [-0.2, -0.15) is 0 Å². The number of rotatable bonds is 6. The van der Waals surface area contributed by atoms with Gasteiger partial charge in [-0.25, -0.2) is 0 Å². The van der Waals surface area contributed by atoms with Crippen LogP contribution in [-0.4, -0.2) is 5.71 Å². The van der Waals surface area contributed by atoms with Gasteiger partial charge in [0.05, 0.1) is 11.4 Å². The number of hydrogen-bond acceptors (Lipinski definition) is 1. The van der Waals surface area contributed by atoms with Crippen LogP contribution in [0.3, 0.4) is 0 Å². The maximum absolute atomic E-state index is 5.73. The molecule has 0 spiro atoms. The first-order valence-corrected chi connectivity index (χ1v) is 16.3. The number of hydrogen-bond donors (Lipinski definition) is 0. The second-order valence-corrected chi connectivity index (χ2v) is 12.5. The van der Waals surface area contributed by atoms with Crippen molar-refractivity contribution in [2.24, 2.45) is 4.99 Å². The lowest BCUT2D eigenvalue weighted by Gasteiger charge is -2.21. The maximum Gasteiger partial charge on any atom is 0.0753 e. The Bertz CT molecular complexity index is 2430. The molecule has 1 nitrogen and oxygen atoms in total. The van der Waals surface area contributed by atoms with Crippen molar-refractivity contribution in [2.75, 3.05) is 0 Å². The number of aliphatic imine (C=N–C) groups is 1. The van der Waals surface area contributed by atoms with E-state index in [1.807, 2.05) is 0 Å². The molecular weight excluding hydrogens is 567 g/mol. The molecule has 47 heavy (non-hydrogen) atoms. The van der Waals surface area contributed by atoms with Crippen LogP contribution in [0.5, 0.6) is 0 Å². The third kappa shape index (κ3) is 5.51. The van der Waals surface area contributed by atoms with Gasteiger partial charge in [0.25, 0.3) is 0 Å². The molecule has 8 rings (SSSR count). The van der Waals surface area contributed by atoms with Crippen LogP contribution in [0.4, 0.5) is 5.69 Å². The van der Waals surface area contributed by atoms with E-state index in [0.29, 0.717) is 0 Å². The minimum Gasteiger partial charge on any atom is -0.252 e. The van der Waals surface area contributed by atoms with E-state index in [1.54, 1.807) is 0 Å². The van der Waals surface area contributed by atoms with Gasteiger partial charge in [-0.15, -0.1) is 0 Å². The highest BCUT2D eigenvalue weighted by atomic mass is 14.8. The summed E-state index contributed by atoms with van der Waals surface area (Å²) in [5, 5.41) is 7.39. The summed E-state index contributed by atoms with van der Waals surface area (Å²) in [4.78, 5) is 5.73.